The number of anilines is 1. The maximum Gasteiger partial charge on any atom is 0.416 e. The molecule has 0 saturated carbocycles. The van der Waals surface area contributed by atoms with Crippen molar-refractivity contribution in [3.05, 3.63) is 65.6 Å². The number of aromatic nitrogens is 2. The Kier molecular flexibility index (Phi) is 4.89. The molecule has 0 aliphatic carbocycles. The third-order valence-corrected chi connectivity index (χ3v) is 5.03. The first kappa shape index (κ1) is 19.8. The number of rotatable bonds is 4. The Labute approximate surface area is 170 Å². The average Bonchev–Trinajstić information content (AvgIpc) is 3.15. The zero-order chi connectivity index (χ0) is 21.5. The number of carbonyl (C=O) groups excluding carboxylic acids is 1. The zero-order valence-electron chi connectivity index (χ0n) is 16.2. The highest BCUT2D eigenvalue weighted by molar-refractivity contribution is 5.94. The summed E-state index contributed by atoms with van der Waals surface area (Å²) in [6.45, 7) is 0. The summed E-state index contributed by atoms with van der Waals surface area (Å²) < 4.78 is 51.4. The zero-order valence-corrected chi connectivity index (χ0v) is 16.2. The van der Waals surface area contributed by atoms with Gasteiger partial charge in [-0.3, -0.25) is 9.36 Å². The van der Waals surface area contributed by atoms with Gasteiger partial charge in [0.25, 0.3) is 0 Å². The third kappa shape index (κ3) is 3.47. The predicted octanol–water partition coefficient (Wildman–Crippen LogP) is 4.38. The molecule has 2 aromatic carbocycles. The van der Waals surface area contributed by atoms with Gasteiger partial charge in [-0.1, -0.05) is 12.1 Å². The van der Waals surface area contributed by atoms with Crippen LogP contribution in [0.15, 0.2) is 48.8 Å². The first-order valence-electron chi connectivity index (χ1n) is 9.08. The van der Waals surface area contributed by atoms with Crippen LogP contribution in [0.3, 0.4) is 0 Å². The van der Waals surface area contributed by atoms with Crippen LogP contribution in [0.25, 0.3) is 5.69 Å². The molecule has 1 atom stereocenters. The first-order chi connectivity index (χ1) is 14.3. The van der Waals surface area contributed by atoms with E-state index in [1.54, 1.807) is 12.1 Å². The maximum atomic E-state index is 13.1. The summed E-state index contributed by atoms with van der Waals surface area (Å²) in [7, 11) is 3.05. The first-order valence-corrected chi connectivity index (χ1v) is 9.08. The van der Waals surface area contributed by atoms with Gasteiger partial charge < -0.3 is 14.8 Å². The molecule has 3 aromatic rings. The number of halogens is 3. The topological polar surface area (TPSA) is 65.4 Å². The molecule has 1 aliphatic heterocycles. The fraction of sp³-hybridized carbons (Fsp3) is 0.238. The predicted molar refractivity (Wildman–Crippen MR) is 103 cm³/mol. The van der Waals surface area contributed by atoms with E-state index in [0.29, 0.717) is 23.0 Å². The highest BCUT2D eigenvalue weighted by Gasteiger charge is 2.33. The Hall–Kier alpha value is -3.49. The molecule has 2 heterocycles. The van der Waals surface area contributed by atoms with Gasteiger partial charge in [0.15, 0.2) is 11.5 Å². The summed E-state index contributed by atoms with van der Waals surface area (Å²) in [4.78, 5) is 16.8. The average molecular weight is 417 g/mol. The molecule has 6 nitrogen and oxygen atoms in total. The normalized spacial score (nSPS) is 16.0. The monoisotopic (exact) mass is 417 g/mol. The summed E-state index contributed by atoms with van der Waals surface area (Å²) in [5.41, 5.74) is 0.838. The number of nitrogens with zero attached hydrogens (tertiary/aromatic N) is 2. The van der Waals surface area contributed by atoms with Crippen molar-refractivity contribution in [1.29, 1.82) is 0 Å². The number of benzene rings is 2. The van der Waals surface area contributed by atoms with Gasteiger partial charge in [0, 0.05) is 18.0 Å². The Bertz CT molecular complexity index is 1110. The van der Waals surface area contributed by atoms with Crippen molar-refractivity contribution in [3.63, 3.8) is 0 Å². The van der Waals surface area contributed by atoms with E-state index in [9.17, 15) is 18.0 Å². The Morgan fingerprint density at radius 2 is 1.87 bits per heavy atom. The smallest absolute Gasteiger partial charge is 0.416 e. The molecule has 156 valence electrons. The van der Waals surface area contributed by atoms with Crippen LogP contribution in [0.2, 0.25) is 0 Å². The van der Waals surface area contributed by atoms with E-state index in [4.69, 9.17) is 9.47 Å². The fourth-order valence-corrected chi connectivity index (χ4v) is 3.58. The molecule has 1 aliphatic rings. The number of nitrogens with one attached hydrogen (secondary N) is 1. The second-order valence-electron chi connectivity index (χ2n) is 6.82. The molecular formula is C21H18F3N3O3. The lowest BCUT2D eigenvalue weighted by Crippen LogP contribution is -2.25. The quantitative estimate of drug-likeness (QED) is 0.684. The van der Waals surface area contributed by atoms with Gasteiger partial charge >= 0.3 is 6.18 Å². The highest BCUT2D eigenvalue weighted by Crippen LogP contribution is 2.40. The molecule has 1 unspecified atom stereocenters. The van der Waals surface area contributed by atoms with Gasteiger partial charge in [-0.05, 0) is 35.9 Å². The van der Waals surface area contributed by atoms with E-state index in [-0.39, 0.29) is 23.9 Å². The number of imidazole rings is 1. The van der Waals surface area contributed by atoms with Crippen LogP contribution in [-0.4, -0.2) is 29.7 Å². The number of alkyl halides is 3. The van der Waals surface area contributed by atoms with Crippen LogP contribution in [0.1, 0.15) is 29.2 Å². The van der Waals surface area contributed by atoms with Gasteiger partial charge in [-0.25, -0.2) is 4.98 Å². The fourth-order valence-electron chi connectivity index (χ4n) is 3.58. The van der Waals surface area contributed by atoms with E-state index in [0.717, 1.165) is 17.7 Å². The minimum absolute atomic E-state index is 0.155. The van der Waals surface area contributed by atoms with Crippen molar-refractivity contribution in [2.75, 3.05) is 19.5 Å². The molecule has 0 spiro atoms. The van der Waals surface area contributed by atoms with Crippen LogP contribution in [0.4, 0.5) is 19.0 Å². The number of fused-ring (bicyclic) bond motifs is 1. The minimum atomic E-state index is -4.47. The number of amides is 1. The molecule has 0 saturated heterocycles. The van der Waals surface area contributed by atoms with Crippen LogP contribution in [-0.2, 0) is 11.0 Å². The van der Waals surface area contributed by atoms with Crippen LogP contribution >= 0.6 is 0 Å². The molecule has 0 radical (unpaired) electrons. The Morgan fingerprint density at radius 1 is 1.10 bits per heavy atom. The van der Waals surface area contributed by atoms with Crippen LogP contribution < -0.4 is 14.8 Å². The number of carbonyl (C=O) groups is 1. The number of hydrogen-bond donors (Lipinski definition) is 1. The second-order valence-corrected chi connectivity index (χ2v) is 6.82. The summed E-state index contributed by atoms with van der Waals surface area (Å²) in [5.74, 6) is 0.790. The van der Waals surface area contributed by atoms with E-state index in [2.05, 4.69) is 10.3 Å². The lowest BCUT2D eigenvalue weighted by Gasteiger charge is -2.24. The van der Waals surface area contributed by atoms with Crippen molar-refractivity contribution in [2.45, 2.75) is 18.5 Å². The Morgan fingerprint density at radius 3 is 2.57 bits per heavy atom. The van der Waals surface area contributed by atoms with E-state index >= 15 is 0 Å². The van der Waals surface area contributed by atoms with Crippen molar-refractivity contribution >= 4 is 11.7 Å². The lowest BCUT2D eigenvalue weighted by molar-refractivity contribution is -0.137. The van der Waals surface area contributed by atoms with Crippen molar-refractivity contribution in [3.8, 4) is 17.2 Å². The largest absolute Gasteiger partial charge is 0.493 e. The van der Waals surface area contributed by atoms with E-state index in [1.165, 1.54) is 37.2 Å². The summed E-state index contributed by atoms with van der Waals surface area (Å²) in [5, 5.41) is 2.74. The molecule has 1 aromatic heterocycles. The molecule has 9 heteroatoms. The van der Waals surface area contributed by atoms with Crippen molar-refractivity contribution in [2.24, 2.45) is 0 Å². The Balaban J connectivity index is 1.78. The standard InChI is InChI=1S/C21H18F3N3O3/c1-29-16-7-6-12(8-17(16)30-2)15-10-18(28)26-20-19(15)25-11-27(20)14-5-3-4-13(9-14)21(22,23)24/h3-9,11,15H,10H2,1-2H3,(H,26,28). The van der Waals surface area contributed by atoms with E-state index < -0.39 is 11.7 Å². The van der Waals surface area contributed by atoms with Gasteiger partial charge in [-0.2, -0.15) is 13.2 Å². The molecule has 0 fully saturated rings. The molecule has 1 N–H and O–H groups in total. The van der Waals surface area contributed by atoms with E-state index in [1.807, 2.05) is 6.07 Å². The summed E-state index contributed by atoms with van der Waals surface area (Å²) >= 11 is 0. The molecule has 1 amide bonds. The van der Waals surface area contributed by atoms with Gasteiger partial charge in [0.2, 0.25) is 5.91 Å². The van der Waals surface area contributed by atoms with Crippen LogP contribution in [0, 0.1) is 0 Å². The van der Waals surface area contributed by atoms with Gasteiger partial charge in [0.05, 0.1) is 25.5 Å². The molecule has 0 bridgehead atoms. The lowest BCUT2D eigenvalue weighted by atomic mass is 9.89. The van der Waals surface area contributed by atoms with Gasteiger partial charge in [-0.15, -0.1) is 0 Å². The molecular weight excluding hydrogens is 399 g/mol. The number of hydrogen-bond acceptors (Lipinski definition) is 4. The third-order valence-electron chi connectivity index (χ3n) is 5.03. The summed E-state index contributed by atoms with van der Waals surface area (Å²) in [6, 6.07) is 10.2. The molecule has 30 heavy (non-hydrogen) atoms. The SMILES string of the molecule is COc1ccc(C2CC(=O)Nc3c2ncn3-c2cccc(C(F)(F)F)c2)cc1OC. The van der Waals surface area contributed by atoms with Crippen LogP contribution in [0.5, 0.6) is 11.5 Å². The second kappa shape index (κ2) is 7.40. The highest BCUT2D eigenvalue weighted by atomic mass is 19.4. The van der Waals surface area contributed by atoms with Crippen molar-refractivity contribution < 1.29 is 27.4 Å². The van der Waals surface area contributed by atoms with Crippen molar-refractivity contribution in [1.82, 2.24) is 9.55 Å². The summed E-state index contributed by atoms with van der Waals surface area (Å²) in [6.07, 6.45) is -2.90. The maximum absolute atomic E-state index is 13.1. The number of methoxy groups -OCH3 is 2. The van der Waals surface area contributed by atoms with Gasteiger partial charge in [0.1, 0.15) is 12.1 Å². The minimum Gasteiger partial charge on any atom is -0.493 e. The molecule has 4 rings (SSSR count). The number of ether oxygens (including phenoxy) is 2.